The van der Waals surface area contributed by atoms with Gasteiger partial charge in [-0.2, -0.15) is 0 Å². The van der Waals surface area contributed by atoms with Crippen molar-refractivity contribution in [3.8, 4) is 5.75 Å². The minimum atomic E-state index is -0.725. The Bertz CT molecular complexity index is 1020. The van der Waals surface area contributed by atoms with E-state index >= 15 is 0 Å². The molecule has 3 rings (SSSR count). The van der Waals surface area contributed by atoms with E-state index < -0.39 is 5.97 Å². The molecule has 2 N–H and O–H groups in total. The van der Waals surface area contributed by atoms with Gasteiger partial charge in [-0.05, 0) is 99.9 Å². The van der Waals surface area contributed by atoms with E-state index in [1.54, 1.807) is 6.07 Å². The van der Waals surface area contributed by atoms with Gasteiger partial charge in [0.2, 0.25) is 0 Å². The number of aliphatic carboxylic acids is 1. The second-order valence-corrected chi connectivity index (χ2v) is 8.99. The van der Waals surface area contributed by atoms with Crippen molar-refractivity contribution in [1.82, 2.24) is 5.32 Å². The summed E-state index contributed by atoms with van der Waals surface area (Å²) in [6, 6.07) is 11.1. The van der Waals surface area contributed by atoms with Crippen LogP contribution in [0.25, 0.3) is 0 Å². The van der Waals surface area contributed by atoms with Gasteiger partial charge < -0.3 is 15.2 Å². The minimum Gasteiger partial charge on any atom is -0.490 e. The highest BCUT2D eigenvalue weighted by molar-refractivity contribution is 5.97. The van der Waals surface area contributed by atoms with Gasteiger partial charge in [0.1, 0.15) is 5.75 Å². The molecule has 0 atom stereocenters. The zero-order chi connectivity index (χ0) is 24.0. The number of benzene rings is 2. The Labute approximate surface area is 195 Å². The van der Waals surface area contributed by atoms with Crippen molar-refractivity contribution in [1.29, 1.82) is 0 Å². The third kappa shape index (κ3) is 6.67. The van der Waals surface area contributed by atoms with Crippen LogP contribution in [0.2, 0.25) is 0 Å². The standard InChI is InChI=1S/C27H33NO5/c1-17-6-7-21(15-18(17)2)26(30)28-14-4-5-25(29)24-13-12-23(16-19(24)3)33-22-10-8-20(9-11-22)27(31)32/h6-7,12-13,15-16,20,22H,4-5,8-11,14H2,1-3H3,(H,28,30)(H,31,32). The van der Waals surface area contributed by atoms with E-state index in [0.717, 1.165) is 29.5 Å². The molecule has 6 nitrogen and oxygen atoms in total. The summed E-state index contributed by atoms with van der Waals surface area (Å²) in [5, 5.41) is 12.0. The van der Waals surface area contributed by atoms with Crippen LogP contribution in [0.5, 0.6) is 5.75 Å². The average Bonchev–Trinajstić information content (AvgIpc) is 2.78. The van der Waals surface area contributed by atoms with Crippen LogP contribution in [0, 0.1) is 26.7 Å². The van der Waals surface area contributed by atoms with Crippen LogP contribution in [0.3, 0.4) is 0 Å². The maximum Gasteiger partial charge on any atom is 0.306 e. The van der Waals surface area contributed by atoms with Gasteiger partial charge >= 0.3 is 5.97 Å². The molecule has 33 heavy (non-hydrogen) atoms. The number of hydrogen-bond donors (Lipinski definition) is 2. The third-order valence-corrected chi connectivity index (χ3v) is 6.46. The molecule has 0 heterocycles. The van der Waals surface area contributed by atoms with E-state index in [0.29, 0.717) is 49.1 Å². The van der Waals surface area contributed by atoms with E-state index in [-0.39, 0.29) is 23.7 Å². The van der Waals surface area contributed by atoms with E-state index in [1.165, 1.54) is 0 Å². The largest absolute Gasteiger partial charge is 0.490 e. The van der Waals surface area contributed by atoms with Gasteiger partial charge in [-0.15, -0.1) is 0 Å². The zero-order valence-corrected chi connectivity index (χ0v) is 19.6. The van der Waals surface area contributed by atoms with Crippen molar-refractivity contribution >= 4 is 17.7 Å². The lowest BCUT2D eigenvalue weighted by molar-refractivity contribution is -0.143. The normalized spacial score (nSPS) is 17.9. The highest BCUT2D eigenvalue weighted by atomic mass is 16.5. The lowest BCUT2D eigenvalue weighted by Gasteiger charge is -2.27. The number of amides is 1. The first-order valence-electron chi connectivity index (χ1n) is 11.6. The summed E-state index contributed by atoms with van der Waals surface area (Å²) in [4.78, 5) is 36.0. The first-order valence-corrected chi connectivity index (χ1v) is 11.6. The fourth-order valence-corrected chi connectivity index (χ4v) is 4.21. The highest BCUT2D eigenvalue weighted by Crippen LogP contribution is 2.29. The number of carbonyl (C=O) groups is 3. The van der Waals surface area contributed by atoms with Gasteiger partial charge in [0.25, 0.3) is 5.91 Å². The number of carboxylic acid groups (broad SMARTS) is 1. The molecule has 0 aliphatic heterocycles. The molecule has 176 valence electrons. The molecular formula is C27H33NO5. The molecule has 2 aromatic rings. The summed E-state index contributed by atoms with van der Waals surface area (Å²) in [5.74, 6) is -0.361. The Kier molecular flexibility index (Phi) is 8.26. The molecule has 1 aliphatic rings. The number of ether oxygens (including phenoxy) is 1. The van der Waals surface area contributed by atoms with E-state index in [2.05, 4.69) is 5.32 Å². The quantitative estimate of drug-likeness (QED) is 0.412. The molecule has 2 aromatic carbocycles. The number of Topliss-reactive ketones (excluding diaryl/α,β-unsaturated/α-hetero) is 1. The predicted molar refractivity (Wildman–Crippen MR) is 127 cm³/mol. The lowest BCUT2D eigenvalue weighted by Crippen LogP contribution is -2.27. The van der Waals surface area contributed by atoms with Crippen LogP contribution in [-0.2, 0) is 4.79 Å². The molecule has 0 aromatic heterocycles. The maximum atomic E-state index is 12.7. The number of carbonyl (C=O) groups excluding carboxylic acids is 2. The number of rotatable bonds is 9. The smallest absolute Gasteiger partial charge is 0.306 e. The molecular weight excluding hydrogens is 418 g/mol. The second-order valence-electron chi connectivity index (χ2n) is 8.99. The van der Waals surface area contributed by atoms with Gasteiger partial charge in [0.05, 0.1) is 12.0 Å². The Hall–Kier alpha value is -3.15. The number of hydrogen-bond acceptors (Lipinski definition) is 4. The Morgan fingerprint density at radius 3 is 2.30 bits per heavy atom. The molecule has 0 saturated heterocycles. The van der Waals surface area contributed by atoms with Crippen LogP contribution < -0.4 is 10.1 Å². The topological polar surface area (TPSA) is 92.7 Å². The Morgan fingerprint density at radius 1 is 0.939 bits per heavy atom. The summed E-state index contributed by atoms with van der Waals surface area (Å²) in [6.07, 6.45) is 3.66. The van der Waals surface area contributed by atoms with Gasteiger partial charge in [-0.3, -0.25) is 14.4 Å². The van der Waals surface area contributed by atoms with Crippen molar-refractivity contribution in [2.24, 2.45) is 5.92 Å². The molecule has 0 radical (unpaired) electrons. The fourth-order valence-electron chi connectivity index (χ4n) is 4.21. The molecule has 6 heteroatoms. The predicted octanol–water partition coefficient (Wildman–Crippen LogP) is 5.03. The summed E-state index contributed by atoms with van der Waals surface area (Å²) >= 11 is 0. The third-order valence-electron chi connectivity index (χ3n) is 6.46. The summed E-state index contributed by atoms with van der Waals surface area (Å²) in [6.45, 7) is 6.32. The van der Waals surface area contributed by atoms with E-state index in [4.69, 9.17) is 9.84 Å². The lowest BCUT2D eigenvalue weighted by atomic mass is 9.87. The highest BCUT2D eigenvalue weighted by Gasteiger charge is 2.27. The zero-order valence-electron chi connectivity index (χ0n) is 19.6. The fraction of sp³-hybridized carbons (Fsp3) is 0.444. The summed E-state index contributed by atoms with van der Waals surface area (Å²) in [7, 11) is 0. The van der Waals surface area contributed by atoms with Crippen molar-refractivity contribution in [2.45, 2.75) is 65.4 Å². The van der Waals surface area contributed by atoms with Crippen LogP contribution in [-0.4, -0.2) is 35.4 Å². The summed E-state index contributed by atoms with van der Waals surface area (Å²) in [5.41, 5.74) is 4.38. The van der Waals surface area contributed by atoms with Crippen molar-refractivity contribution in [3.05, 3.63) is 64.2 Å². The number of nitrogens with one attached hydrogen (secondary N) is 1. The van der Waals surface area contributed by atoms with Crippen LogP contribution in [0.15, 0.2) is 36.4 Å². The van der Waals surface area contributed by atoms with Crippen LogP contribution in [0.1, 0.15) is 75.9 Å². The molecule has 0 unspecified atom stereocenters. The molecule has 1 fully saturated rings. The Balaban J connectivity index is 1.45. The van der Waals surface area contributed by atoms with Crippen molar-refractivity contribution < 1.29 is 24.2 Å². The van der Waals surface area contributed by atoms with Gasteiger partial charge in [-0.25, -0.2) is 0 Å². The minimum absolute atomic E-state index is 0.0162. The maximum absolute atomic E-state index is 12.7. The Morgan fingerprint density at radius 2 is 1.67 bits per heavy atom. The molecule has 0 bridgehead atoms. The van der Waals surface area contributed by atoms with Crippen LogP contribution >= 0.6 is 0 Å². The monoisotopic (exact) mass is 451 g/mol. The second kappa shape index (κ2) is 11.1. The first-order chi connectivity index (χ1) is 15.7. The molecule has 1 amide bonds. The number of ketones is 1. The molecule has 1 saturated carbocycles. The van der Waals surface area contributed by atoms with Crippen LogP contribution in [0.4, 0.5) is 0 Å². The van der Waals surface area contributed by atoms with Gasteiger partial charge in [-0.1, -0.05) is 6.07 Å². The van der Waals surface area contributed by atoms with Crippen molar-refractivity contribution in [3.63, 3.8) is 0 Å². The number of carboxylic acids is 1. The van der Waals surface area contributed by atoms with E-state index in [9.17, 15) is 14.4 Å². The van der Waals surface area contributed by atoms with Crippen molar-refractivity contribution in [2.75, 3.05) is 6.54 Å². The molecule has 1 aliphatic carbocycles. The SMILES string of the molecule is Cc1ccc(C(=O)NCCCC(=O)c2ccc(OC3CCC(C(=O)O)CC3)cc2C)cc1C. The van der Waals surface area contributed by atoms with E-state index in [1.807, 2.05) is 51.1 Å². The summed E-state index contributed by atoms with van der Waals surface area (Å²) < 4.78 is 6.03. The number of aryl methyl sites for hydroxylation is 3. The van der Waals surface area contributed by atoms with Gasteiger partial charge in [0, 0.05) is 24.1 Å². The molecule has 0 spiro atoms. The van der Waals surface area contributed by atoms with Gasteiger partial charge in [0.15, 0.2) is 5.78 Å². The average molecular weight is 452 g/mol. The first kappa shape index (κ1) is 24.5.